The van der Waals surface area contributed by atoms with E-state index in [0.29, 0.717) is 0 Å². The first kappa shape index (κ1) is 9.77. The van der Waals surface area contributed by atoms with E-state index in [1.54, 1.807) is 0 Å². The molecule has 1 nitrogen and oxygen atoms in total. The quantitative estimate of drug-likeness (QED) is 0.473. The smallest absolute Gasteiger partial charge is 0 e. The number of hydrogen-bond donors (Lipinski definition) is 0. The summed E-state index contributed by atoms with van der Waals surface area (Å²) in [6.45, 7) is 4.50. The normalized spacial score (nSPS) is 8.00. The standard InChI is InChI=1S/C4H10N.Zn/c1-4-5(2)3;/h1,4H2,2-3H3;. The zero-order valence-corrected chi connectivity index (χ0v) is 7.54. The van der Waals surface area contributed by atoms with Gasteiger partial charge >= 0.3 is 0 Å². The summed E-state index contributed by atoms with van der Waals surface area (Å²) >= 11 is 0. The second-order valence-corrected chi connectivity index (χ2v) is 1.30. The third-order valence-electron chi connectivity index (χ3n) is 0.447. The Labute approximate surface area is 52.5 Å². The van der Waals surface area contributed by atoms with E-state index in [1.165, 1.54) is 0 Å². The largest absolute Gasteiger partial charge is 0.309 e. The van der Waals surface area contributed by atoms with Gasteiger partial charge in [-0.15, -0.1) is 0 Å². The van der Waals surface area contributed by atoms with Crippen molar-refractivity contribution >= 4 is 0 Å². The predicted molar refractivity (Wildman–Crippen MR) is 23.9 cm³/mol. The van der Waals surface area contributed by atoms with Crippen LogP contribution >= 0.6 is 0 Å². The van der Waals surface area contributed by atoms with Crippen molar-refractivity contribution in [2.24, 2.45) is 0 Å². The molecule has 6 heavy (non-hydrogen) atoms. The molecule has 0 atom stereocenters. The van der Waals surface area contributed by atoms with Crippen LogP contribution in [0.15, 0.2) is 0 Å². The fourth-order valence-corrected chi connectivity index (χ4v) is 0. The Hall–Kier alpha value is 0.583. The number of hydrogen-bond acceptors (Lipinski definition) is 1. The molecule has 0 fully saturated rings. The van der Waals surface area contributed by atoms with Crippen molar-refractivity contribution in [1.29, 1.82) is 0 Å². The van der Waals surface area contributed by atoms with Gasteiger partial charge in [0.25, 0.3) is 0 Å². The maximum Gasteiger partial charge on any atom is 0 e. The van der Waals surface area contributed by atoms with Crippen molar-refractivity contribution in [3.05, 3.63) is 6.92 Å². The first-order valence-electron chi connectivity index (χ1n) is 1.71. The molecular formula is C4H10NZn. The molecule has 0 N–H and O–H groups in total. The van der Waals surface area contributed by atoms with Crippen LogP contribution in [0.25, 0.3) is 0 Å². The second kappa shape index (κ2) is 5.58. The summed E-state index contributed by atoms with van der Waals surface area (Å²) in [5.41, 5.74) is 0. The third-order valence-corrected chi connectivity index (χ3v) is 0.447. The van der Waals surface area contributed by atoms with E-state index < -0.39 is 0 Å². The van der Waals surface area contributed by atoms with Crippen LogP contribution < -0.4 is 0 Å². The zero-order valence-electron chi connectivity index (χ0n) is 4.57. The summed E-state index contributed by atoms with van der Waals surface area (Å²) in [5.74, 6) is 0. The van der Waals surface area contributed by atoms with Crippen LogP contribution in [0.4, 0.5) is 0 Å². The van der Waals surface area contributed by atoms with Crippen LogP contribution in [0.5, 0.6) is 0 Å². The topological polar surface area (TPSA) is 3.24 Å². The summed E-state index contributed by atoms with van der Waals surface area (Å²) in [5, 5.41) is 0. The molecule has 0 aliphatic carbocycles. The van der Waals surface area contributed by atoms with Crippen molar-refractivity contribution in [3.63, 3.8) is 0 Å². The molecular weight excluding hydrogens is 127 g/mol. The molecule has 0 saturated heterocycles. The molecule has 0 aromatic heterocycles. The van der Waals surface area contributed by atoms with Gasteiger partial charge in [-0.05, 0) is 27.6 Å². The molecule has 0 unspecified atom stereocenters. The van der Waals surface area contributed by atoms with Gasteiger partial charge in [-0.1, -0.05) is 0 Å². The Morgan fingerprint density at radius 3 is 1.67 bits per heavy atom. The predicted octanol–water partition coefficient (Wildman–Crippen LogP) is 0.380. The van der Waals surface area contributed by atoms with Crippen molar-refractivity contribution in [3.8, 4) is 0 Å². The molecule has 0 spiro atoms. The van der Waals surface area contributed by atoms with Crippen molar-refractivity contribution in [2.75, 3.05) is 20.6 Å². The maximum atomic E-state index is 3.61. The number of rotatable bonds is 1. The second-order valence-electron chi connectivity index (χ2n) is 1.30. The first-order valence-corrected chi connectivity index (χ1v) is 1.71. The molecule has 0 saturated carbocycles. The third kappa shape index (κ3) is 8.82. The first-order chi connectivity index (χ1) is 2.27. The minimum atomic E-state index is 0. The van der Waals surface area contributed by atoms with Crippen molar-refractivity contribution in [2.45, 2.75) is 0 Å². The van der Waals surface area contributed by atoms with Gasteiger partial charge in [-0.25, -0.2) is 0 Å². The Morgan fingerprint density at radius 1 is 1.50 bits per heavy atom. The molecule has 33 valence electrons. The minimum absolute atomic E-state index is 0. The van der Waals surface area contributed by atoms with Gasteiger partial charge in [0, 0.05) is 19.5 Å². The fourth-order valence-electron chi connectivity index (χ4n) is 0. The molecule has 0 amide bonds. The van der Waals surface area contributed by atoms with Gasteiger partial charge in [0.05, 0.1) is 0 Å². The van der Waals surface area contributed by atoms with Gasteiger partial charge in [-0.2, -0.15) is 0 Å². The molecule has 0 aliphatic heterocycles. The SMILES string of the molecule is [CH2]CN(C)C.[Zn]. The molecule has 0 bridgehead atoms. The summed E-state index contributed by atoms with van der Waals surface area (Å²) in [6, 6.07) is 0. The molecule has 0 rings (SSSR count). The Kier molecular flexibility index (Phi) is 9.09. The van der Waals surface area contributed by atoms with E-state index in [-0.39, 0.29) is 19.5 Å². The van der Waals surface area contributed by atoms with E-state index in [1.807, 2.05) is 19.0 Å². The maximum absolute atomic E-state index is 3.61. The monoisotopic (exact) mass is 136 g/mol. The summed E-state index contributed by atoms with van der Waals surface area (Å²) < 4.78 is 0. The van der Waals surface area contributed by atoms with E-state index in [4.69, 9.17) is 0 Å². The molecule has 0 aromatic rings. The molecule has 0 aromatic carbocycles. The van der Waals surface area contributed by atoms with Crippen LogP contribution in [0.1, 0.15) is 0 Å². The molecule has 1 radical (unpaired) electrons. The van der Waals surface area contributed by atoms with E-state index in [9.17, 15) is 0 Å². The van der Waals surface area contributed by atoms with E-state index >= 15 is 0 Å². The summed E-state index contributed by atoms with van der Waals surface area (Å²) in [4.78, 5) is 2.01. The van der Waals surface area contributed by atoms with Gasteiger partial charge in [-0.3, -0.25) is 0 Å². The Morgan fingerprint density at radius 2 is 1.67 bits per heavy atom. The van der Waals surface area contributed by atoms with Crippen LogP contribution in [0.2, 0.25) is 0 Å². The Bertz CT molecular complexity index is 21.5. The van der Waals surface area contributed by atoms with Crippen LogP contribution in [0, 0.1) is 6.92 Å². The average Bonchev–Trinajstić information content (AvgIpc) is 1.38. The molecule has 0 aliphatic rings. The average molecular weight is 138 g/mol. The summed E-state index contributed by atoms with van der Waals surface area (Å²) in [7, 11) is 3.99. The number of nitrogens with zero attached hydrogens (tertiary/aromatic N) is 1. The molecule has 2 heteroatoms. The minimum Gasteiger partial charge on any atom is -0.309 e. The van der Waals surface area contributed by atoms with Gasteiger partial charge in [0.15, 0.2) is 0 Å². The van der Waals surface area contributed by atoms with Gasteiger partial charge in [0.1, 0.15) is 0 Å². The van der Waals surface area contributed by atoms with Gasteiger partial charge < -0.3 is 4.90 Å². The van der Waals surface area contributed by atoms with E-state index in [2.05, 4.69) is 6.92 Å². The zero-order chi connectivity index (χ0) is 4.28. The van der Waals surface area contributed by atoms with Crippen molar-refractivity contribution < 1.29 is 19.5 Å². The van der Waals surface area contributed by atoms with Crippen LogP contribution in [-0.2, 0) is 19.5 Å². The van der Waals surface area contributed by atoms with Gasteiger partial charge in [0.2, 0.25) is 0 Å². The summed E-state index contributed by atoms with van der Waals surface area (Å²) in [6.07, 6.45) is 0. The van der Waals surface area contributed by atoms with Crippen LogP contribution in [-0.4, -0.2) is 25.5 Å². The Balaban J connectivity index is 0. The van der Waals surface area contributed by atoms with E-state index in [0.717, 1.165) is 6.54 Å². The fraction of sp³-hybridized carbons (Fsp3) is 0.750. The molecule has 0 heterocycles. The van der Waals surface area contributed by atoms with Crippen molar-refractivity contribution in [1.82, 2.24) is 4.90 Å². The van der Waals surface area contributed by atoms with Crippen LogP contribution in [0.3, 0.4) is 0 Å².